The molecule has 0 bridgehead atoms. The Hall–Kier alpha value is -2.93. The van der Waals surface area contributed by atoms with Crippen molar-refractivity contribution in [1.29, 1.82) is 0 Å². The zero-order valence-electron chi connectivity index (χ0n) is 15.5. The van der Waals surface area contributed by atoms with Crippen molar-refractivity contribution in [2.75, 3.05) is 31.4 Å². The van der Waals surface area contributed by atoms with Gasteiger partial charge in [-0.2, -0.15) is 0 Å². The van der Waals surface area contributed by atoms with Crippen LogP contribution in [0.2, 0.25) is 0 Å². The number of ether oxygens (including phenoxy) is 1. The molecule has 1 aromatic heterocycles. The maximum absolute atomic E-state index is 14.1. The highest BCUT2D eigenvalue weighted by Gasteiger charge is 2.15. The SMILES string of the molecule is COc1ccc(C)cc1-c1csc(NC(=O)c2ccc(N(C)C)c(F)c2)n1. The van der Waals surface area contributed by atoms with Gasteiger partial charge >= 0.3 is 0 Å². The normalized spacial score (nSPS) is 10.6. The second-order valence-corrected chi connectivity index (χ2v) is 7.11. The van der Waals surface area contributed by atoms with Gasteiger partial charge in [0.2, 0.25) is 0 Å². The highest BCUT2D eigenvalue weighted by atomic mass is 32.1. The van der Waals surface area contributed by atoms with Gasteiger partial charge in [-0.05, 0) is 37.3 Å². The van der Waals surface area contributed by atoms with E-state index in [0.29, 0.717) is 22.3 Å². The molecular formula is C20H20FN3O2S. The molecule has 0 unspecified atom stereocenters. The number of aryl methyl sites for hydroxylation is 1. The van der Waals surface area contributed by atoms with Crippen molar-refractivity contribution in [2.45, 2.75) is 6.92 Å². The molecule has 1 amide bonds. The van der Waals surface area contributed by atoms with Crippen LogP contribution in [0, 0.1) is 12.7 Å². The Morgan fingerprint density at radius 1 is 1.22 bits per heavy atom. The van der Waals surface area contributed by atoms with Crippen molar-refractivity contribution in [2.24, 2.45) is 0 Å². The van der Waals surface area contributed by atoms with Gasteiger partial charge in [0.15, 0.2) is 5.13 Å². The summed E-state index contributed by atoms with van der Waals surface area (Å²) in [5.41, 5.74) is 3.32. The van der Waals surface area contributed by atoms with Crippen molar-refractivity contribution in [3.63, 3.8) is 0 Å². The standard InChI is InChI=1S/C20H20FN3O2S/c1-12-5-8-18(26-4)14(9-12)16-11-27-20(22-16)23-19(25)13-6-7-17(24(2)3)15(21)10-13/h5-11H,1-4H3,(H,22,23,25). The molecule has 0 radical (unpaired) electrons. The van der Waals surface area contributed by atoms with Crippen LogP contribution in [0.15, 0.2) is 41.8 Å². The molecule has 0 spiro atoms. The predicted octanol–water partition coefficient (Wildman–Crippen LogP) is 4.58. The number of nitrogens with one attached hydrogen (secondary N) is 1. The van der Waals surface area contributed by atoms with Gasteiger partial charge < -0.3 is 9.64 Å². The molecule has 0 aliphatic carbocycles. The van der Waals surface area contributed by atoms with Crippen molar-refractivity contribution in [1.82, 2.24) is 4.98 Å². The Balaban J connectivity index is 1.81. The lowest BCUT2D eigenvalue weighted by Crippen LogP contribution is -2.14. The van der Waals surface area contributed by atoms with E-state index in [1.165, 1.54) is 17.4 Å². The minimum absolute atomic E-state index is 0.239. The third-order valence-corrected chi connectivity index (χ3v) is 4.80. The molecule has 0 aliphatic heterocycles. The number of carbonyl (C=O) groups excluding carboxylic acids is 1. The molecule has 7 heteroatoms. The number of anilines is 2. The zero-order chi connectivity index (χ0) is 19.6. The van der Waals surface area contributed by atoms with Crippen LogP contribution >= 0.6 is 11.3 Å². The fourth-order valence-electron chi connectivity index (χ4n) is 2.66. The van der Waals surface area contributed by atoms with Crippen LogP contribution < -0.4 is 15.0 Å². The fraction of sp³-hybridized carbons (Fsp3) is 0.200. The Morgan fingerprint density at radius 3 is 2.67 bits per heavy atom. The topological polar surface area (TPSA) is 54.5 Å². The predicted molar refractivity (Wildman–Crippen MR) is 108 cm³/mol. The summed E-state index contributed by atoms with van der Waals surface area (Å²) < 4.78 is 19.5. The summed E-state index contributed by atoms with van der Waals surface area (Å²) in [6, 6.07) is 10.2. The lowest BCUT2D eigenvalue weighted by atomic mass is 10.1. The van der Waals surface area contributed by atoms with Crippen LogP contribution in [-0.4, -0.2) is 32.1 Å². The Kier molecular flexibility index (Phi) is 5.41. The molecule has 27 heavy (non-hydrogen) atoms. The van der Waals surface area contributed by atoms with E-state index in [2.05, 4.69) is 10.3 Å². The van der Waals surface area contributed by atoms with E-state index in [0.717, 1.165) is 11.1 Å². The maximum atomic E-state index is 14.1. The van der Waals surface area contributed by atoms with Crippen LogP contribution in [0.1, 0.15) is 15.9 Å². The summed E-state index contributed by atoms with van der Waals surface area (Å²) in [4.78, 5) is 18.5. The number of benzene rings is 2. The van der Waals surface area contributed by atoms with Crippen LogP contribution in [0.5, 0.6) is 5.75 Å². The molecule has 1 heterocycles. The van der Waals surface area contributed by atoms with Gasteiger partial charge in [0.1, 0.15) is 11.6 Å². The van der Waals surface area contributed by atoms with Crippen LogP contribution in [0.4, 0.5) is 15.2 Å². The number of thiazole rings is 1. The van der Waals surface area contributed by atoms with Crippen molar-refractivity contribution in [3.05, 3.63) is 58.7 Å². The number of carbonyl (C=O) groups is 1. The molecule has 5 nitrogen and oxygen atoms in total. The number of halogens is 1. The molecule has 2 aromatic carbocycles. The first-order chi connectivity index (χ1) is 12.9. The monoisotopic (exact) mass is 385 g/mol. The van der Waals surface area contributed by atoms with Crippen molar-refractivity contribution < 1.29 is 13.9 Å². The second kappa shape index (κ2) is 7.75. The van der Waals surface area contributed by atoms with E-state index in [1.807, 2.05) is 30.5 Å². The molecule has 3 aromatic rings. The van der Waals surface area contributed by atoms with Crippen LogP contribution in [0.3, 0.4) is 0 Å². The number of amides is 1. The van der Waals surface area contributed by atoms with Crippen molar-refractivity contribution >= 4 is 28.1 Å². The van der Waals surface area contributed by atoms with E-state index in [9.17, 15) is 9.18 Å². The van der Waals surface area contributed by atoms with Crippen LogP contribution in [0.25, 0.3) is 11.3 Å². The molecule has 0 fully saturated rings. The quantitative estimate of drug-likeness (QED) is 0.698. The highest BCUT2D eigenvalue weighted by molar-refractivity contribution is 7.14. The molecule has 140 valence electrons. The lowest BCUT2D eigenvalue weighted by Gasteiger charge is -2.13. The van der Waals surface area contributed by atoms with Gasteiger partial charge in [-0.15, -0.1) is 11.3 Å². The molecule has 3 rings (SSSR count). The van der Waals surface area contributed by atoms with E-state index < -0.39 is 11.7 Å². The molecule has 0 atom stereocenters. The average Bonchev–Trinajstić information content (AvgIpc) is 3.09. The zero-order valence-corrected chi connectivity index (χ0v) is 16.4. The number of methoxy groups -OCH3 is 1. The minimum atomic E-state index is -0.447. The van der Waals surface area contributed by atoms with Crippen LogP contribution in [-0.2, 0) is 0 Å². The molecule has 1 N–H and O–H groups in total. The number of hydrogen-bond donors (Lipinski definition) is 1. The van der Waals surface area contributed by atoms with E-state index >= 15 is 0 Å². The Bertz CT molecular complexity index is 985. The van der Waals surface area contributed by atoms with Crippen molar-refractivity contribution in [3.8, 4) is 17.0 Å². The second-order valence-electron chi connectivity index (χ2n) is 6.26. The smallest absolute Gasteiger partial charge is 0.257 e. The first-order valence-corrected chi connectivity index (χ1v) is 9.15. The molecule has 0 aliphatic rings. The number of nitrogens with zero attached hydrogens (tertiary/aromatic N) is 2. The third kappa shape index (κ3) is 4.09. The summed E-state index contributed by atoms with van der Waals surface area (Å²) in [7, 11) is 5.10. The molecular weight excluding hydrogens is 365 g/mol. The molecule has 0 saturated heterocycles. The number of aromatic nitrogens is 1. The van der Waals surface area contributed by atoms with E-state index in [4.69, 9.17) is 4.74 Å². The number of rotatable bonds is 5. The van der Waals surface area contributed by atoms with Gasteiger partial charge in [-0.1, -0.05) is 11.6 Å². The van der Waals surface area contributed by atoms with E-state index in [1.54, 1.807) is 38.2 Å². The average molecular weight is 385 g/mol. The summed E-state index contributed by atoms with van der Waals surface area (Å²) in [6.07, 6.45) is 0. The first kappa shape index (κ1) is 18.8. The van der Waals surface area contributed by atoms with Gasteiger partial charge in [0.05, 0.1) is 18.5 Å². The van der Waals surface area contributed by atoms with Gasteiger partial charge in [0, 0.05) is 30.6 Å². The van der Waals surface area contributed by atoms with Gasteiger partial charge in [0.25, 0.3) is 5.91 Å². The maximum Gasteiger partial charge on any atom is 0.257 e. The summed E-state index contributed by atoms with van der Waals surface area (Å²) in [5, 5.41) is 5.01. The minimum Gasteiger partial charge on any atom is -0.496 e. The summed E-state index contributed by atoms with van der Waals surface area (Å²) >= 11 is 1.30. The summed E-state index contributed by atoms with van der Waals surface area (Å²) in [5.74, 6) is -0.140. The largest absolute Gasteiger partial charge is 0.496 e. The summed E-state index contributed by atoms with van der Waals surface area (Å²) in [6.45, 7) is 1.99. The molecule has 0 saturated carbocycles. The van der Waals surface area contributed by atoms with Gasteiger partial charge in [-0.3, -0.25) is 10.1 Å². The Morgan fingerprint density at radius 2 is 2.00 bits per heavy atom. The Labute approximate surface area is 161 Å². The number of hydrogen-bond acceptors (Lipinski definition) is 5. The third-order valence-electron chi connectivity index (χ3n) is 4.05. The highest BCUT2D eigenvalue weighted by Crippen LogP contribution is 2.33. The van der Waals surface area contributed by atoms with Gasteiger partial charge in [-0.25, -0.2) is 9.37 Å². The fourth-order valence-corrected chi connectivity index (χ4v) is 3.36. The van der Waals surface area contributed by atoms with E-state index in [-0.39, 0.29) is 5.56 Å². The lowest BCUT2D eigenvalue weighted by molar-refractivity contribution is 0.102. The first-order valence-electron chi connectivity index (χ1n) is 8.28.